The normalized spacial score (nSPS) is 12.1. The summed E-state index contributed by atoms with van der Waals surface area (Å²) in [5, 5.41) is 4.83. The molecule has 0 aliphatic heterocycles. The second-order valence-corrected chi connectivity index (χ2v) is 4.25. The molecule has 0 aliphatic carbocycles. The van der Waals surface area contributed by atoms with Gasteiger partial charge in [-0.1, -0.05) is 0 Å². The smallest absolute Gasteiger partial charge is 0.254 e. The first-order valence-corrected chi connectivity index (χ1v) is 5.14. The van der Waals surface area contributed by atoms with Crippen molar-refractivity contribution in [3.8, 4) is 0 Å². The highest BCUT2D eigenvalue weighted by Crippen LogP contribution is 2.20. The Kier molecular flexibility index (Phi) is 2.81. The largest absolute Gasteiger partial charge is 0.280 e. The van der Waals surface area contributed by atoms with Gasteiger partial charge in [-0.3, -0.25) is 4.98 Å². The molecule has 7 heteroatoms. The predicted octanol–water partition coefficient (Wildman–Crippen LogP) is 0.975. The maximum Gasteiger partial charge on any atom is 0.280 e. The lowest BCUT2D eigenvalue weighted by Crippen LogP contribution is -2.14. The molecule has 1 heterocycles. The Morgan fingerprint density at radius 2 is 2.07 bits per heavy atom. The zero-order valence-corrected chi connectivity index (χ0v) is 8.05. The molecule has 78 valence electrons. The second-order valence-electron chi connectivity index (χ2n) is 2.72. The Hall–Kier alpha value is -1.08. The van der Waals surface area contributed by atoms with Crippen molar-refractivity contribution >= 4 is 10.0 Å². The first-order valence-electron chi connectivity index (χ1n) is 3.60. The molecule has 0 atom stereocenters. The highest BCUT2D eigenvalue weighted by atomic mass is 32.2. The van der Waals surface area contributed by atoms with Crippen molar-refractivity contribution in [2.24, 2.45) is 5.14 Å². The fourth-order valence-electron chi connectivity index (χ4n) is 0.982. The molecule has 1 rings (SSSR count). The van der Waals surface area contributed by atoms with Gasteiger partial charge in [0.1, 0.15) is 10.6 Å². The zero-order chi connectivity index (χ0) is 10.9. The quantitative estimate of drug-likeness (QED) is 0.810. The maximum atomic E-state index is 12.1. The molecular weight excluding hydrogens is 214 g/mol. The van der Waals surface area contributed by atoms with Crippen LogP contribution in [0.15, 0.2) is 17.2 Å². The molecule has 0 amide bonds. The fraction of sp³-hybridized carbons (Fsp3) is 0.286. The monoisotopic (exact) mass is 222 g/mol. The summed E-state index contributed by atoms with van der Waals surface area (Å²) in [5.41, 5.74) is -0.298. The number of alkyl halides is 2. The summed E-state index contributed by atoms with van der Waals surface area (Å²) < 4.78 is 46.0. The van der Waals surface area contributed by atoms with Crippen LogP contribution in [-0.2, 0) is 10.0 Å². The van der Waals surface area contributed by atoms with Crippen molar-refractivity contribution in [2.45, 2.75) is 18.2 Å². The van der Waals surface area contributed by atoms with Gasteiger partial charge in [0.15, 0.2) is 0 Å². The van der Waals surface area contributed by atoms with Crippen LogP contribution in [0.4, 0.5) is 8.78 Å². The van der Waals surface area contributed by atoms with E-state index >= 15 is 0 Å². The van der Waals surface area contributed by atoms with Gasteiger partial charge in [0.2, 0.25) is 10.0 Å². The van der Waals surface area contributed by atoms with Crippen molar-refractivity contribution in [1.29, 1.82) is 0 Å². The lowest BCUT2D eigenvalue weighted by molar-refractivity contribution is 0.146. The average molecular weight is 222 g/mol. The van der Waals surface area contributed by atoms with E-state index in [-0.39, 0.29) is 10.5 Å². The third-order valence-corrected chi connectivity index (χ3v) is 2.65. The molecule has 0 saturated heterocycles. The SMILES string of the molecule is Cc1cc(C(F)F)ncc1S(N)(=O)=O. The number of nitrogens with zero attached hydrogens (tertiary/aromatic N) is 1. The van der Waals surface area contributed by atoms with Crippen LogP contribution in [0, 0.1) is 6.92 Å². The first kappa shape index (κ1) is 11.0. The van der Waals surface area contributed by atoms with Crippen LogP contribution in [0.25, 0.3) is 0 Å². The first-order chi connectivity index (χ1) is 6.32. The molecular formula is C7H8F2N2O2S. The Bertz CT molecular complexity index is 445. The van der Waals surface area contributed by atoms with Crippen LogP contribution in [0.5, 0.6) is 0 Å². The second kappa shape index (κ2) is 3.58. The van der Waals surface area contributed by atoms with Crippen molar-refractivity contribution in [3.05, 3.63) is 23.5 Å². The van der Waals surface area contributed by atoms with E-state index < -0.39 is 22.1 Å². The van der Waals surface area contributed by atoms with Crippen LogP contribution in [-0.4, -0.2) is 13.4 Å². The Morgan fingerprint density at radius 1 is 1.50 bits per heavy atom. The van der Waals surface area contributed by atoms with Crippen molar-refractivity contribution in [3.63, 3.8) is 0 Å². The summed E-state index contributed by atoms with van der Waals surface area (Å²) >= 11 is 0. The molecule has 0 radical (unpaired) electrons. The summed E-state index contributed by atoms with van der Waals surface area (Å²) in [5.74, 6) is 0. The number of aryl methyl sites for hydroxylation is 1. The lowest BCUT2D eigenvalue weighted by Gasteiger charge is -2.04. The van der Waals surface area contributed by atoms with E-state index in [1.807, 2.05) is 0 Å². The minimum atomic E-state index is -3.88. The van der Waals surface area contributed by atoms with E-state index in [0.29, 0.717) is 0 Å². The topological polar surface area (TPSA) is 73.0 Å². The Labute approximate surface area is 79.8 Å². The van der Waals surface area contributed by atoms with Gasteiger partial charge < -0.3 is 0 Å². The lowest BCUT2D eigenvalue weighted by atomic mass is 10.2. The molecule has 1 aromatic heterocycles. The highest BCUT2D eigenvalue weighted by Gasteiger charge is 2.15. The van der Waals surface area contributed by atoms with Crippen LogP contribution in [0.1, 0.15) is 17.7 Å². The molecule has 0 aromatic carbocycles. The van der Waals surface area contributed by atoms with Crippen LogP contribution < -0.4 is 5.14 Å². The summed E-state index contributed by atoms with van der Waals surface area (Å²) in [6.45, 7) is 1.38. The molecule has 0 bridgehead atoms. The van der Waals surface area contributed by atoms with Gasteiger partial charge in [0.05, 0.1) is 0 Å². The van der Waals surface area contributed by atoms with Crippen LogP contribution >= 0.6 is 0 Å². The van der Waals surface area contributed by atoms with E-state index in [1.165, 1.54) is 6.92 Å². The van der Waals surface area contributed by atoms with Gasteiger partial charge in [0, 0.05) is 6.20 Å². The van der Waals surface area contributed by atoms with Gasteiger partial charge in [-0.2, -0.15) is 0 Å². The van der Waals surface area contributed by atoms with E-state index in [2.05, 4.69) is 4.98 Å². The summed E-state index contributed by atoms with van der Waals surface area (Å²) in [4.78, 5) is 3.06. The molecule has 0 spiro atoms. The van der Waals surface area contributed by atoms with E-state index in [1.54, 1.807) is 0 Å². The number of sulfonamides is 1. The standard InChI is InChI=1S/C7H8F2N2O2S/c1-4-2-5(7(8)9)11-3-6(4)14(10,12)13/h2-3,7H,1H3,(H2,10,12,13). The molecule has 0 unspecified atom stereocenters. The van der Waals surface area contributed by atoms with Gasteiger partial charge in [-0.15, -0.1) is 0 Å². The third-order valence-electron chi connectivity index (χ3n) is 1.61. The number of rotatable bonds is 2. The molecule has 0 saturated carbocycles. The van der Waals surface area contributed by atoms with Crippen molar-refractivity contribution < 1.29 is 17.2 Å². The highest BCUT2D eigenvalue weighted by molar-refractivity contribution is 7.89. The molecule has 4 nitrogen and oxygen atoms in total. The average Bonchev–Trinajstić information content (AvgIpc) is 2.01. The summed E-state index contributed by atoms with van der Waals surface area (Å²) in [6.07, 6.45) is -1.88. The van der Waals surface area contributed by atoms with Gasteiger partial charge in [-0.05, 0) is 18.6 Å². The number of hydrogen-bond donors (Lipinski definition) is 1. The number of hydrogen-bond acceptors (Lipinski definition) is 3. The number of pyridine rings is 1. The van der Waals surface area contributed by atoms with E-state index in [0.717, 1.165) is 12.3 Å². The van der Waals surface area contributed by atoms with Crippen LogP contribution in [0.2, 0.25) is 0 Å². The minimum absolute atomic E-state index is 0.165. The van der Waals surface area contributed by atoms with Crippen LogP contribution in [0.3, 0.4) is 0 Å². The Morgan fingerprint density at radius 3 is 2.43 bits per heavy atom. The van der Waals surface area contributed by atoms with Gasteiger partial charge >= 0.3 is 0 Å². The summed E-state index contributed by atoms with van der Waals surface area (Å²) in [7, 11) is -3.88. The zero-order valence-electron chi connectivity index (χ0n) is 7.24. The number of halogens is 2. The fourth-order valence-corrected chi connectivity index (χ4v) is 1.69. The molecule has 0 aliphatic rings. The minimum Gasteiger partial charge on any atom is -0.254 e. The van der Waals surface area contributed by atoms with Crippen molar-refractivity contribution in [1.82, 2.24) is 4.98 Å². The van der Waals surface area contributed by atoms with E-state index in [4.69, 9.17) is 5.14 Å². The van der Waals surface area contributed by atoms with Gasteiger partial charge in [0.25, 0.3) is 6.43 Å². The predicted molar refractivity (Wildman–Crippen MR) is 45.3 cm³/mol. The molecule has 1 aromatic rings. The third kappa shape index (κ3) is 2.24. The van der Waals surface area contributed by atoms with E-state index in [9.17, 15) is 17.2 Å². The number of nitrogens with two attached hydrogens (primary N) is 1. The molecule has 2 N–H and O–H groups in total. The summed E-state index contributed by atoms with van der Waals surface area (Å²) in [6, 6.07) is 1.00. The Balaban J connectivity index is 3.28. The van der Waals surface area contributed by atoms with Gasteiger partial charge in [-0.25, -0.2) is 22.3 Å². The molecule has 0 fully saturated rings. The number of primary sulfonamides is 1. The molecule has 14 heavy (non-hydrogen) atoms. The maximum absolute atomic E-state index is 12.1. The number of aromatic nitrogens is 1. The van der Waals surface area contributed by atoms with Crippen molar-refractivity contribution in [2.75, 3.05) is 0 Å².